The third kappa shape index (κ3) is 3.56. The fraction of sp³-hybridized carbons (Fsp3) is 0.111. The highest BCUT2D eigenvalue weighted by Crippen LogP contribution is 2.35. The minimum Gasteiger partial charge on any atom is -0.402 e. The van der Waals surface area contributed by atoms with Crippen molar-refractivity contribution in [3.05, 3.63) is 99.3 Å². The Labute approximate surface area is 199 Å². The minimum atomic E-state index is -0.561. The Kier molecular flexibility index (Phi) is 5.46. The van der Waals surface area contributed by atoms with Crippen molar-refractivity contribution < 1.29 is 8.81 Å². The number of para-hydroxylation sites is 1. The summed E-state index contributed by atoms with van der Waals surface area (Å²) in [5, 5.41) is 2.38. The topological polar surface area (TPSA) is 74.1 Å². The minimum absolute atomic E-state index is 0.165. The van der Waals surface area contributed by atoms with Gasteiger partial charge in [0.2, 0.25) is 5.71 Å². The van der Waals surface area contributed by atoms with Crippen LogP contribution in [0.5, 0.6) is 0 Å². The second kappa shape index (κ2) is 8.47. The van der Waals surface area contributed by atoms with E-state index < -0.39 is 5.63 Å². The Morgan fingerprint density at radius 2 is 2.03 bits per heavy atom. The summed E-state index contributed by atoms with van der Waals surface area (Å²) in [5.41, 5.74) is 9.19. The van der Waals surface area contributed by atoms with Gasteiger partial charge >= 0.3 is 5.63 Å². The third-order valence-electron chi connectivity index (χ3n) is 6.04. The van der Waals surface area contributed by atoms with Crippen LogP contribution in [0.2, 0.25) is 0 Å². The van der Waals surface area contributed by atoms with Crippen molar-refractivity contribution >= 4 is 56.3 Å². The number of pyridine rings is 1. The number of nitrogens with zero attached hydrogens (tertiary/aromatic N) is 2. The summed E-state index contributed by atoms with van der Waals surface area (Å²) >= 11 is 6.38. The molecular formula is C27H21ClFN3O2. The van der Waals surface area contributed by atoms with E-state index in [-0.39, 0.29) is 23.1 Å². The second-order valence-electron chi connectivity index (χ2n) is 8.07. The molecule has 3 aromatic heterocycles. The number of halogens is 2. The number of fused-ring (bicyclic) bond motifs is 5. The van der Waals surface area contributed by atoms with Crippen molar-refractivity contribution in [2.45, 2.75) is 19.9 Å². The number of rotatable bonds is 5. The molecule has 0 aliphatic heterocycles. The van der Waals surface area contributed by atoms with Gasteiger partial charge in [0.15, 0.2) is 0 Å². The lowest BCUT2D eigenvalue weighted by Crippen LogP contribution is -2.09. The van der Waals surface area contributed by atoms with Crippen LogP contribution in [0.1, 0.15) is 18.1 Å². The molecule has 5 aromatic rings. The quantitative estimate of drug-likeness (QED) is 0.236. The molecule has 7 heteroatoms. The summed E-state index contributed by atoms with van der Waals surface area (Å²) in [6, 6.07) is 14.2. The van der Waals surface area contributed by atoms with Gasteiger partial charge in [-0.2, -0.15) is 0 Å². The molecule has 0 unspecified atom stereocenters. The summed E-state index contributed by atoms with van der Waals surface area (Å²) in [6.07, 6.45) is 3.91. The van der Waals surface area contributed by atoms with Crippen LogP contribution in [0.15, 0.2) is 81.1 Å². The summed E-state index contributed by atoms with van der Waals surface area (Å²) < 4.78 is 22.2. The van der Waals surface area contributed by atoms with Gasteiger partial charge in [-0.15, -0.1) is 0 Å². The van der Waals surface area contributed by atoms with Crippen molar-refractivity contribution in [2.75, 3.05) is 5.73 Å². The highest BCUT2D eigenvalue weighted by Gasteiger charge is 2.21. The summed E-state index contributed by atoms with van der Waals surface area (Å²) in [5.74, 6) is -0.339. The fourth-order valence-electron chi connectivity index (χ4n) is 4.34. The van der Waals surface area contributed by atoms with Crippen LogP contribution in [-0.4, -0.2) is 9.55 Å². The number of aromatic nitrogens is 2. The molecule has 0 radical (unpaired) electrons. The molecule has 0 spiro atoms. The molecule has 0 saturated carbocycles. The fourth-order valence-corrected chi connectivity index (χ4v) is 4.46. The van der Waals surface area contributed by atoms with Gasteiger partial charge in [-0.3, -0.25) is 0 Å². The van der Waals surface area contributed by atoms with Gasteiger partial charge < -0.3 is 14.7 Å². The molecule has 0 fully saturated rings. The Morgan fingerprint density at radius 1 is 1.24 bits per heavy atom. The number of allylic oxidation sites excluding steroid dienone is 2. The molecule has 0 saturated heterocycles. The monoisotopic (exact) mass is 473 g/mol. The smallest absolute Gasteiger partial charge is 0.362 e. The molecule has 5 nitrogen and oxygen atoms in total. The number of benzene rings is 2. The van der Waals surface area contributed by atoms with Gasteiger partial charge in [-0.05, 0) is 59.5 Å². The first-order valence-electron chi connectivity index (χ1n) is 10.8. The predicted octanol–water partition coefficient (Wildman–Crippen LogP) is 6.42. The average molecular weight is 474 g/mol. The van der Waals surface area contributed by atoms with E-state index in [4.69, 9.17) is 21.8 Å². The van der Waals surface area contributed by atoms with Crippen LogP contribution in [0.3, 0.4) is 0 Å². The summed E-state index contributed by atoms with van der Waals surface area (Å²) in [4.78, 5) is 17.4. The third-order valence-corrected chi connectivity index (χ3v) is 6.28. The first-order valence-corrected chi connectivity index (χ1v) is 11.2. The van der Waals surface area contributed by atoms with Crippen LogP contribution in [0.4, 0.5) is 10.1 Å². The van der Waals surface area contributed by atoms with Crippen LogP contribution in [0.25, 0.3) is 39.0 Å². The standard InChI is InChI=1S/C27H21ClFN3O2/c1-3-16-12-20-23(13-21(16)29)32(14-18(15(2)28)11-17-7-4-5-9-22(17)30)25-24(20)19-8-6-10-31-26(19)34-27(25)33/h4-13H,2-3,14,30H2,1H3/b18-11-. The maximum Gasteiger partial charge on any atom is 0.362 e. The Bertz CT molecular complexity index is 1700. The van der Waals surface area contributed by atoms with Crippen molar-refractivity contribution in [3.63, 3.8) is 0 Å². The lowest BCUT2D eigenvalue weighted by Gasteiger charge is -2.12. The average Bonchev–Trinajstić information content (AvgIpc) is 3.13. The molecule has 2 N–H and O–H groups in total. The van der Waals surface area contributed by atoms with E-state index in [9.17, 15) is 9.18 Å². The van der Waals surface area contributed by atoms with E-state index in [1.165, 1.54) is 6.07 Å². The molecule has 2 aromatic carbocycles. The van der Waals surface area contributed by atoms with Crippen molar-refractivity contribution in [1.29, 1.82) is 0 Å². The van der Waals surface area contributed by atoms with Crippen LogP contribution in [-0.2, 0) is 13.0 Å². The maximum absolute atomic E-state index is 14.9. The SMILES string of the molecule is C=C(Cl)/C(=C\c1ccccc1N)Cn1c2cc(F)c(CC)cc2c2c3cccnc3oc(=O)c21. The van der Waals surface area contributed by atoms with Crippen LogP contribution < -0.4 is 11.4 Å². The molecular weight excluding hydrogens is 453 g/mol. The first kappa shape index (κ1) is 21.9. The van der Waals surface area contributed by atoms with Crippen molar-refractivity contribution in [3.8, 4) is 0 Å². The van der Waals surface area contributed by atoms with E-state index in [1.54, 1.807) is 29.0 Å². The van der Waals surface area contributed by atoms with Gasteiger partial charge in [0, 0.05) is 39.6 Å². The van der Waals surface area contributed by atoms with Crippen LogP contribution in [0, 0.1) is 5.82 Å². The number of nitrogens with two attached hydrogens (primary N) is 1. The van der Waals surface area contributed by atoms with Crippen LogP contribution >= 0.6 is 11.6 Å². The van der Waals surface area contributed by atoms with Gasteiger partial charge in [-0.25, -0.2) is 14.2 Å². The Morgan fingerprint density at radius 3 is 2.76 bits per heavy atom. The van der Waals surface area contributed by atoms with E-state index >= 15 is 0 Å². The number of aryl methyl sites for hydroxylation is 1. The predicted molar refractivity (Wildman–Crippen MR) is 136 cm³/mol. The molecule has 34 heavy (non-hydrogen) atoms. The van der Waals surface area contributed by atoms with Gasteiger partial charge in [0.1, 0.15) is 11.3 Å². The van der Waals surface area contributed by atoms with Gasteiger partial charge in [0.25, 0.3) is 0 Å². The lowest BCUT2D eigenvalue weighted by molar-refractivity contribution is 0.553. The molecule has 0 atom stereocenters. The normalized spacial score (nSPS) is 12.1. The highest BCUT2D eigenvalue weighted by atomic mass is 35.5. The van der Waals surface area contributed by atoms with Gasteiger partial charge in [-0.1, -0.05) is 43.3 Å². The molecule has 0 aliphatic rings. The zero-order valence-electron chi connectivity index (χ0n) is 18.4. The van der Waals surface area contributed by atoms with E-state index in [0.29, 0.717) is 45.1 Å². The lowest BCUT2D eigenvalue weighted by atomic mass is 10.1. The molecule has 3 heterocycles. The zero-order valence-corrected chi connectivity index (χ0v) is 19.2. The molecule has 0 aliphatic carbocycles. The molecule has 0 bridgehead atoms. The number of hydrogen-bond donors (Lipinski definition) is 1. The maximum atomic E-state index is 14.9. The van der Waals surface area contributed by atoms with Crippen molar-refractivity contribution in [1.82, 2.24) is 9.55 Å². The number of nitrogen functional groups attached to an aromatic ring is 1. The van der Waals surface area contributed by atoms with E-state index in [2.05, 4.69) is 11.6 Å². The zero-order chi connectivity index (χ0) is 24.0. The summed E-state index contributed by atoms with van der Waals surface area (Å²) in [7, 11) is 0. The number of anilines is 1. The molecule has 0 amide bonds. The van der Waals surface area contributed by atoms with E-state index in [0.717, 1.165) is 10.9 Å². The van der Waals surface area contributed by atoms with Crippen molar-refractivity contribution in [2.24, 2.45) is 0 Å². The molecule has 170 valence electrons. The summed E-state index contributed by atoms with van der Waals surface area (Å²) in [6.45, 7) is 5.95. The first-order chi connectivity index (χ1) is 16.4. The highest BCUT2D eigenvalue weighted by molar-refractivity contribution is 6.32. The Hall–Kier alpha value is -3.90. The second-order valence-corrected chi connectivity index (χ2v) is 8.53. The number of hydrogen-bond acceptors (Lipinski definition) is 4. The molecule has 5 rings (SSSR count). The Balaban J connectivity index is 1.87. The van der Waals surface area contributed by atoms with Gasteiger partial charge in [0.05, 0.1) is 5.52 Å². The largest absolute Gasteiger partial charge is 0.402 e. The van der Waals surface area contributed by atoms with E-state index in [1.807, 2.05) is 37.3 Å².